The normalized spacial score (nSPS) is 30.4. The summed E-state index contributed by atoms with van der Waals surface area (Å²) in [6.07, 6.45) is 5.21. The zero-order chi connectivity index (χ0) is 16.3. The Bertz CT molecular complexity index is 827. The van der Waals surface area contributed by atoms with Gasteiger partial charge in [0.15, 0.2) is 0 Å². The standard InChI is InChI=1S/C19H16N2O2S/c22-18-15-12-6-7-13(8-12)16(15)19(23)21(18)9-14-10-24-17(20-14)11-4-2-1-3-5-11/h1-7,10,12-13,15-16H,8-9H2/t12-,13+,15+,16-. The third kappa shape index (κ3) is 1.94. The van der Waals surface area contributed by atoms with Crippen molar-refractivity contribution in [1.82, 2.24) is 9.88 Å². The van der Waals surface area contributed by atoms with Gasteiger partial charge in [-0.1, -0.05) is 42.5 Å². The van der Waals surface area contributed by atoms with Crippen LogP contribution in [0.15, 0.2) is 47.9 Å². The van der Waals surface area contributed by atoms with Crippen molar-refractivity contribution in [2.24, 2.45) is 23.7 Å². The van der Waals surface area contributed by atoms with Crippen LogP contribution in [0.3, 0.4) is 0 Å². The van der Waals surface area contributed by atoms with Gasteiger partial charge in [0.1, 0.15) is 5.01 Å². The second kappa shape index (κ2) is 5.11. The predicted molar refractivity (Wildman–Crippen MR) is 90.8 cm³/mol. The number of rotatable bonds is 3. The van der Waals surface area contributed by atoms with E-state index in [1.807, 2.05) is 35.7 Å². The maximum Gasteiger partial charge on any atom is 0.234 e. The van der Waals surface area contributed by atoms with Crippen LogP contribution < -0.4 is 0 Å². The predicted octanol–water partition coefficient (Wildman–Crippen LogP) is 3.12. The maximum absolute atomic E-state index is 12.7. The number of aromatic nitrogens is 1. The molecule has 24 heavy (non-hydrogen) atoms. The van der Waals surface area contributed by atoms with Crippen LogP contribution >= 0.6 is 11.3 Å². The lowest BCUT2D eigenvalue weighted by Gasteiger charge is -2.15. The molecular weight excluding hydrogens is 320 g/mol. The fraction of sp³-hybridized carbons (Fsp3) is 0.316. The fourth-order valence-corrected chi connectivity index (χ4v) is 5.19. The van der Waals surface area contributed by atoms with Crippen LogP contribution in [-0.2, 0) is 16.1 Å². The van der Waals surface area contributed by atoms with Gasteiger partial charge in [-0.25, -0.2) is 4.98 Å². The highest BCUT2D eigenvalue weighted by Gasteiger charge is 2.59. The van der Waals surface area contributed by atoms with Crippen molar-refractivity contribution in [1.29, 1.82) is 0 Å². The zero-order valence-electron chi connectivity index (χ0n) is 13.0. The molecule has 0 unspecified atom stereocenters. The summed E-state index contributed by atoms with van der Waals surface area (Å²) >= 11 is 1.55. The lowest BCUT2D eigenvalue weighted by Crippen LogP contribution is -2.32. The van der Waals surface area contributed by atoms with E-state index in [4.69, 9.17) is 0 Å². The number of nitrogens with zero attached hydrogens (tertiary/aromatic N) is 2. The number of hydrogen-bond donors (Lipinski definition) is 0. The minimum Gasteiger partial charge on any atom is -0.276 e. The van der Waals surface area contributed by atoms with Gasteiger partial charge in [-0.2, -0.15) is 0 Å². The molecule has 0 spiro atoms. The Labute approximate surface area is 143 Å². The lowest BCUT2D eigenvalue weighted by atomic mass is 9.85. The Morgan fingerprint density at radius 1 is 1.04 bits per heavy atom. The van der Waals surface area contributed by atoms with Crippen LogP contribution in [-0.4, -0.2) is 21.7 Å². The molecule has 5 rings (SSSR count). The Morgan fingerprint density at radius 2 is 1.71 bits per heavy atom. The van der Waals surface area contributed by atoms with Gasteiger partial charge in [-0.05, 0) is 18.3 Å². The SMILES string of the molecule is O=C1[C@@H]2[C@H](C(=O)N1Cc1csc(-c3ccccc3)n1)[C@H]1C=C[C@@H]2C1. The van der Waals surface area contributed by atoms with Gasteiger partial charge in [0, 0.05) is 10.9 Å². The van der Waals surface area contributed by atoms with Crippen molar-refractivity contribution < 1.29 is 9.59 Å². The van der Waals surface area contributed by atoms with Crippen molar-refractivity contribution in [3.05, 3.63) is 53.6 Å². The van der Waals surface area contributed by atoms with Crippen LogP contribution in [0.25, 0.3) is 10.6 Å². The first-order chi connectivity index (χ1) is 11.7. The largest absolute Gasteiger partial charge is 0.276 e. The molecule has 2 aromatic rings. The van der Waals surface area contributed by atoms with Crippen LogP contribution in [0, 0.1) is 23.7 Å². The molecule has 1 aromatic heterocycles. The molecule has 1 aromatic carbocycles. The van der Waals surface area contributed by atoms with Gasteiger partial charge in [0.25, 0.3) is 0 Å². The number of thiazole rings is 1. The molecule has 4 atom stereocenters. The van der Waals surface area contributed by atoms with E-state index in [0.29, 0.717) is 6.54 Å². The molecule has 2 amide bonds. The van der Waals surface area contributed by atoms with Gasteiger partial charge < -0.3 is 0 Å². The molecule has 2 aliphatic carbocycles. The number of carbonyl (C=O) groups is 2. The molecule has 120 valence electrons. The van der Waals surface area contributed by atoms with E-state index in [1.54, 1.807) is 11.3 Å². The number of carbonyl (C=O) groups excluding carboxylic acids is 2. The van der Waals surface area contributed by atoms with Gasteiger partial charge in [0.2, 0.25) is 11.8 Å². The van der Waals surface area contributed by atoms with E-state index >= 15 is 0 Å². The summed E-state index contributed by atoms with van der Waals surface area (Å²) in [7, 11) is 0. The molecule has 0 N–H and O–H groups in total. The van der Waals surface area contributed by atoms with Gasteiger partial charge in [0.05, 0.1) is 24.1 Å². The molecule has 1 aliphatic heterocycles. The first-order valence-electron chi connectivity index (χ1n) is 8.26. The number of amides is 2. The van der Waals surface area contributed by atoms with Crippen LogP contribution in [0.4, 0.5) is 0 Å². The summed E-state index contributed by atoms with van der Waals surface area (Å²) in [5.41, 5.74) is 1.85. The number of imide groups is 1. The summed E-state index contributed by atoms with van der Waals surface area (Å²) in [4.78, 5) is 31.5. The lowest BCUT2D eigenvalue weighted by molar-refractivity contribution is -0.141. The van der Waals surface area contributed by atoms with Crippen molar-refractivity contribution in [2.75, 3.05) is 0 Å². The highest BCUT2D eigenvalue weighted by Crippen LogP contribution is 2.52. The Balaban J connectivity index is 1.39. The quantitative estimate of drug-likeness (QED) is 0.639. The smallest absolute Gasteiger partial charge is 0.234 e. The molecule has 4 nitrogen and oxygen atoms in total. The molecule has 3 aliphatic rings. The van der Waals surface area contributed by atoms with E-state index in [1.165, 1.54) is 4.90 Å². The van der Waals surface area contributed by atoms with Crippen molar-refractivity contribution >= 4 is 23.2 Å². The first-order valence-corrected chi connectivity index (χ1v) is 9.14. The van der Waals surface area contributed by atoms with E-state index in [0.717, 1.165) is 22.7 Å². The van der Waals surface area contributed by atoms with Gasteiger partial charge >= 0.3 is 0 Å². The Morgan fingerprint density at radius 3 is 2.38 bits per heavy atom. The summed E-state index contributed by atoms with van der Waals surface area (Å²) in [5, 5.41) is 2.87. The average molecular weight is 336 g/mol. The van der Waals surface area contributed by atoms with Crippen molar-refractivity contribution in [3.63, 3.8) is 0 Å². The summed E-state index contributed by atoms with van der Waals surface area (Å²) in [6.45, 7) is 0.299. The minimum atomic E-state index is -0.125. The number of allylic oxidation sites excluding steroid dienone is 2. The van der Waals surface area contributed by atoms with Crippen molar-refractivity contribution in [3.8, 4) is 10.6 Å². The highest BCUT2D eigenvalue weighted by atomic mass is 32.1. The fourth-order valence-electron chi connectivity index (χ4n) is 4.37. The van der Waals surface area contributed by atoms with E-state index in [-0.39, 0.29) is 35.5 Å². The monoisotopic (exact) mass is 336 g/mol. The van der Waals surface area contributed by atoms with Crippen LogP contribution in [0.1, 0.15) is 12.1 Å². The van der Waals surface area contributed by atoms with E-state index in [9.17, 15) is 9.59 Å². The summed E-state index contributed by atoms with van der Waals surface area (Å²) in [6, 6.07) is 9.97. The van der Waals surface area contributed by atoms with E-state index in [2.05, 4.69) is 17.1 Å². The molecule has 2 bridgehead atoms. The second-order valence-electron chi connectivity index (χ2n) is 6.77. The summed E-state index contributed by atoms with van der Waals surface area (Å²) < 4.78 is 0. The maximum atomic E-state index is 12.7. The number of hydrogen-bond acceptors (Lipinski definition) is 4. The molecule has 1 saturated heterocycles. The molecule has 5 heteroatoms. The zero-order valence-corrected chi connectivity index (χ0v) is 13.8. The summed E-state index contributed by atoms with van der Waals surface area (Å²) in [5.74, 6) is 0.264. The third-order valence-electron chi connectivity index (χ3n) is 5.45. The first kappa shape index (κ1) is 14.1. The number of benzene rings is 1. The number of fused-ring (bicyclic) bond motifs is 5. The van der Waals surface area contributed by atoms with Crippen LogP contribution in [0.5, 0.6) is 0 Å². The molecular formula is C19H16N2O2S. The minimum absolute atomic E-state index is 0.00360. The van der Waals surface area contributed by atoms with Gasteiger partial charge in [-0.3, -0.25) is 14.5 Å². The van der Waals surface area contributed by atoms with Crippen molar-refractivity contribution in [2.45, 2.75) is 13.0 Å². The Kier molecular flexibility index (Phi) is 3.00. The molecule has 2 fully saturated rings. The molecule has 0 radical (unpaired) electrons. The molecule has 1 saturated carbocycles. The number of likely N-dealkylation sites (tertiary alicyclic amines) is 1. The highest BCUT2D eigenvalue weighted by molar-refractivity contribution is 7.13. The van der Waals surface area contributed by atoms with Gasteiger partial charge in [-0.15, -0.1) is 11.3 Å². The second-order valence-corrected chi connectivity index (χ2v) is 7.63. The topological polar surface area (TPSA) is 50.3 Å². The van der Waals surface area contributed by atoms with E-state index < -0.39 is 0 Å². The molecule has 2 heterocycles. The third-order valence-corrected chi connectivity index (χ3v) is 6.39. The average Bonchev–Trinajstić information content (AvgIpc) is 3.37. The Hall–Kier alpha value is -2.27. The van der Waals surface area contributed by atoms with Crippen LogP contribution in [0.2, 0.25) is 0 Å².